The molecule has 2 aliphatic rings. The van der Waals surface area contributed by atoms with Crippen LogP contribution in [0.4, 0.5) is 0 Å². The Labute approximate surface area is 139 Å². The number of carbonyl (C=O) groups excluding carboxylic acids is 1. The summed E-state index contributed by atoms with van der Waals surface area (Å²) in [4.78, 5) is 17.1. The van der Waals surface area contributed by atoms with E-state index in [1.165, 1.54) is 18.4 Å². The predicted molar refractivity (Wildman–Crippen MR) is 91.4 cm³/mol. The van der Waals surface area contributed by atoms with Gasteiger partial charge < -0.3 is 9.64 Å². The largest absolute Gasteiger partial charge is 0.494 e. The Balaban J connectivity index is 1.54. The van der Waals surface area contributed by atoms with Gasteiger partial charge in [0, 0.05) is 26.2 Å². The van der Waals surface area contributed by atoms with E-state index < -0.39 is 0 Å². The molecule has 0 saturated carbocycles. The molecule has 1 amide bonds. The third-order valence-corrected chi connectivity index (χ3v) is 4.91. The fraction of sp³-hybridized carbons (Fsp3) is 0.632. The van der Waals surface area contributed by atoms with Crippen LogP contribution in [0.15, 0.2) is 24.3 Å². The van der Waals surface area contributed by atoms with E-state index in [1.807, 2.05) is 19.1 Å². The molecule has 0 aromatic heterocycles. The van der Waals surface area contributed by atoms with Crippen LogP contribution < -0.4 is 4.74 Å². The second-order valence-corrected chi connectivity index (χ2v) is 6.68. The van der Waals surface area contributed by atoms with Gasteiger partial charge in [-0.25, -0.2) is 0 Å². The van der Waals surface area contributed by atoms with Crippen molar-refractivity contribution in [3.63, 3.8) is 0 Å². The second-order valence-electron chi connectivity index (χ2n) is 6.68. The molecule has 0 bridgehead atoms. The minimum absolute atomic E-state index is 0.199. The Morgan fingerprint density at radius 1 is 1.13 bits per heavy atom. The Bertz CT molecular complexity index is 509. The summed E-state index contributed by atoms with van der Waals surface area (Å²) in [6.07, 6.45) is 4.53. The molecule has 0 N–H and O–H groups in total. The first-order chi connectivity index (χ1) is 11.3. The summed E-state index contributed by atoms with van der Waals surface area (Å²) in [5.74, 6) is 1.51. The number of amides is 1. The number of likely N-dealkylation sites (tertiary alicyclic amines) is 2. The van der Waals surface area contributed by atoms with Crippen LogP contribution in [0.3, 0.4) is 0 Å². The second kappa shape index (κ2) is 7.82. The van der Waals surface area contributed by atoms with Crippen molar-refractivity contribution in [2.45, 2.75) is 39.2 Å². The molecule has 2 fully saturated rings. The summed E-state index contributed by atoms with van der Waals surface area (Å²) in [6, 6.07) is 8.35. The molecule has 4 heteroatoms. The van der Waals surface area contributed by atoms with Crippen molar-refractivity contribution in [2.24, 2.45) is 5.92 Å². The first-order valence-corrected chi connectivity index (χ1v) is 8.99. The standard InChI is InChI=1S/C19H28N2O2/c1-2-23-18-9-7-16(8-10-18)14-20-11-5-6-17(15-20)19(22)21-12-3-4-13-21/h7-10,17H,2-6,11-15H2,1H3. The van der Waals surface area contributed by atoms with Crippen molar-refractivity contribution >= 4 is 5.91 Å². The van der Waals surface area contributed by atoms with Crippen molar-refractivity contribution < 1.29 is 9.53 Å². The van der Waals surface area contributed by atoms with Crippen molar-refractivity contribution in [3.05, 3.63) is 29.8 Å². The number of piperidine rings is 1. The van der Waals surface area contributed by atoms with E-state index in [1.54, 1.807) is 0 Å². The molecule has 23 heavy (non-hydrogen) atoms. The van der Waals surface area contributed by atoms with Gasteiger partial charge in [0.25, 0.3) is 0 Å². The first kappa shape index (κ1) is 16.3. The lowest BCUT2D eigenvalue weighted by atomic mass is 9.96. The molecule has 0 aliphatic carbocycles. The lowest BCUT2D eigenvalue weighted by Gasteiger charge is -2.34. The van der Waals surface area contributed by atoms with Gasteiger partial charge in [0.05, 0.1) is 12.5 Å². The Kier molecular flexibility index (Phi) is 5.55. The number of hydrogen-bond acceptors (Lipinski definition) is 3. The van der Waals surface area contributed by atoms with E-state index in [9.17, 15) is 4.79 Å². The number of nitrogens with zero attached hydrogens (tertiary/aromatic N) is 2. The van der Waals surface area contributed by atoms with Gasteiger partial charge in [0.15, 0.2) is 0 Å². The van der Waals surface area contributed by atoms with E-state index >= 15 is 0 Å². The normalized spacial score (nSPS) is 22.3. The van der Waals surface area contributed by atoms with Crippen LogP contribution in [-0.2, 0) is 11.3 Å². The Morgan fingerprint density at radius 3 is 2.57 bits per heavy atom. The number of carbonyl (C=O) groups is 1. The Morgan fingerprint density at radius 2 is 1.87 bits per heavy atom. The van der Waals surface area contributed by atoms with Crippen LogP contribution in [0.2, 0.25) is 0 Å². The molecule has 2 aliphatic heterocycles. The van der Waals surface area contributed by atoms with Crippen molar-refractivity contribution in [3.8, 4) is 5.75 Å². The van der Waals surface area contributed by atoms with Gasteiger partial charge in [0.1, 0.15) is 5.75 Å². The number of rotatable bonds is 5. The molecule has 1 unspecified atom stereocenters. The maximum atomic E-state index is 12.6. The van der Waals surface area contributed by atoms with Crippen molar-refractivity contribution in [2.75, 3.05) is 32.8 Å². The zero-order chi connectivity index (χ0) is 16.1. The molecule has 4 nitrogen and oxygen atoms in total. The summed E-state index contributed by atoms with van der Waals surface area (Å²) < 4.78 is 5.49. The van der Waals surface area contributed by atoms with Crippen molar-refractivity contribution in [1.29, 1.82) is 0 Å². The highest BCUT2D eigenvalue weighted by atomic mass is 16.5. The molecule has 1 aromatic rings. The quantitative estimate of drug-likeness (QED) is 0.837. The molecule has 126 valence electrons. The highest BCUT2D eigenvalue weighted by Crippen LogP contribution is 2.23. The highest BCUT2D eigenvalue weighted by Gasteiger charge is 2.30. The number of hydrogen-bond donors (Lipinski definition) is 0. The fourth-order valence-electron chi connectivity index (χ4n) is 3.71. The average Bonchev–Trinajstić information content (AvgIpc) is 3.11. The lowest BCUT2D eigenvalue weighted by molar-refractivity contribution is -0.136. The van der Waals surface area contributed by atoms with E-state index in [2.05, 4.69) is 21.9 Å². The van der Waals surface area contributed by atoms with Crippen LogP contribution >= 0.6 is 0 Å². The van der Waals surface area contributed by atoms with Crippen LogP contribution in [0.1, 0.15) is 38.2 Å². The van der Waals surface area contributed by atoms with Crippen LogP contribution in [0.25, 0.3) is 0 Å². The monoisotopic (exact) mass is 316 g/mol. The smallest absolute Gasteiger partial charge is 0.226 e. The van der Waals surface area contributed by atoms with E-state index in [-0.39, 0.29) is 5.92 Å². The molecule has 1 aromatic carbocycles. The SMILES string of the molecule is CCOc1ccc(CN2CCCC(C(=O)N3CCCC3)C2)cc1. The average molecular weight is 316 g/mol. The summed E-state index contributed by atoms with van der Waals surface area (Å²) in [6.45, 7) is 7.56. The number of ether oxygens (including phenoxy) is 1. The fourth-order valence-corrected chi connectivity index (χ4v) is 3.71. The molecule has 2 heterocycles. The van der Waals surface area contributed by atoms with E-state index in [0.29, 0.717) is 12.5 Å². The zero-order valence-electron chi connectivity index (χ0n) is 14.2. The van der Waals surface area contributed by atoms with Crippen molar-refractivity contribution in [1.82, 2.24) is 9.80 Å². The molecule has 0 spiro atoms. The topological polar surface area (TPSA) is 32.8 Å². The number of benzene rings is 1. The van der Waals surface area contributed by atoms with Crippen LogP contribution in [0, 0.1) is 5.92 Å². The minimum Gasteiger partial charge on any atom is -0.494 e. The van der Waals surface area contributed by atoms with Gasteiger partial charge >= 0.3 is 0 Å². The third-order valence-electron chi connectivity index (χ3n) is 4.91. The molecule has 2 saturated heterocycles. The van der Waals surface area contributed by atoms with Gasteiger partial charge in [0.2, 0.25) is 5.91 Å². The summed E-state index contributed by atoms with van der Waals surface area (Å²) in [5.41, 5.74) is 1.29. The molecule has 1 atom stereocenters. The van der Waals surface area contributed by atoms with Gasteiger partial charge in [-0.15, -0.1) is 0 Å². The third kappa shape index (κ3) is 4.25. The molecule has 0 radical (unpaired) electrons. The van der Waals surface area contributed by atoms with Gasteiger partial charge in [-0.3, -0.25) is 9.69 Å². The highest BCUT2D eigenvalue weighted by molar-refractivity contribution is 5.79. The van der Waals surface area contributed by atoms with E-state index in [4.69, 9.17) is 4.74 Å². The summed E-state index contributed by atoms with van der Waals surface area (Å²) in [7, 11) is 0. The summed E-state index contributed by atoms with van der Waals surface area (Å²) >= 11 is 0. The van der Waals surface area contributed by atoms with Crippen LogP contribution in [0.5, 0.6) is 5.75 Å². The van der Waals surface area contributed by atoms with Crippen LogP contribution in [-0.4, -0.2) is 48.5 Å². The first-order valence-electron chi connectivity index (χ1n) is 8.99. The molecular weight excluding hydrogens is 288 g/mol. The zero-order valence-corrected chi connectivity index (χ0v) is 14.2. The minimum atomic E-state index is 0.199. The summed E-state index contributed by atoms with van der Waals surface area (Å²) in [5, 5.41) is 0. The Hall–Kier alpha value is -1.55. The molecule has 3 rings (SSSR count). The maximum absolute atomic E-state index is 12.6. The lowest BCUT2D eigenvalue weighted by Crippen LogP contribution is -2.43. The van der Waals surface area contributed by atoms with Gasteiger partial charge in [-0.1, -0.05) is 12.1 Å². The predicted octanol–water partition coefficient (Wildman–Crippen LogP) is 2.92. The van der Waals surface area contributed by atoms with Gasteiger partial charge in [-0.2, -0.15) is 0 Å². The van der Waals surface area contributed by atoms with Gasteiger partial charge in [-0.05, 0) is 56.8 Å². The maximum Gasteiger partial charge on any atom is 0.226 e. The molecular formula is C19H28N2O2. The van der Waals surface area contributed by atoms with E-state index in [0.717, 1.165) is 51.3 Å².